The second-order valence-corrected chi connectivity index (χ2v) is 5.29. The molecule has 0 aliphatic carbocycles. The first kappa shape index (κ1) is 12.1. The van der Waals surface area contributed by atoms with Gasteiger partial charge in [0.05, 0.1) is 22.1 Å². The van der Waals surface area contributed by atoms with Gasteiger partial charge < -0.3 is 9.13 Å². The molecule has 0 aliphatic rings. The van der Waals surface area contributed by atoms with Crippen LogP contribution in [0, 0.1) is 13.8 Å². The lowest BCUT2D eigenvalue weighted by Gasteiger charge is -2.11. The predicted octanol–water partition coefficient (Wildman–Crippen LogP) is 3.51. The standard InChI is InChI=1S/C17H16N4/c1-12-18-14-7-3-5-9-16(14)20(12)11-21-13(2)19-15-8-4-6-10-17(15)21/h3-10H,11H2,1-2H3. The van der Waals surface area contributed by atoms with E-state index < -0.39 is 0 Å². The first-order valence-corrected chi connectivity index (χ1v) is 7.08. The lowest BCUT2D eigenvalue weighted by molar-refractivity contribution is 0.606. The molecule has 2 aromatic heterocycles. The van der Waals surface area contributed by atoms with Gasteiger partial charge in [-0.05, 0) is 38.1 Å². The predicted molar refractivity (Wildman–Crippen MR) is 84.3 cm³/mol. The molecule has 21 heavy (non-hydrogen) atoms. The van der Waals surface area contributed by atoms with E-state index in [0.717, 1.165) is 40.4 Å². The van der Waals surface area contributed by atoms with Crippen molar-refractivity contribution in [1.29, 1.82) is 0 Å². The highest BCUT2D eigenvalue weighted by atomic mass is 15.2. The minimum absolute atomic E-state index is 0.735. The molecule has 0 aliphatic heterocycles. The molecule has 0 radical (unpaired) electrons. The van der Waals surface area contributed by atoms with Gasteiger partial charge in [0.1, 0.15) is 18.3 Å². The van der Waals surface area contributed by atoms with Crippen molar-refractivity contribution in [3.05, 3.63) is 60.2 Å². The Hall–Kier alpha value is -2.62. The van der Waals surface area contributed by atoms with Crippen molar-refractivity contribution in [2.45, 2.75) is 20.5 Å². The number of benzene rings is 2. The van der Waals surface area contributed by atoms with E-state index >= 15 is 0 Å². The highest BCUT2D eigenvalue weighted by molar-refractivity contribution is 5.77. The van der Waals surface area contributed by atoms with Crippen LogP contribution in [-0.4, -0.2) is 19.1 Å². The molecule has 4 rings (SSSR count). The molecular weight excluding hydrogens is 260 g/mol. The lowest BCUT2D eigenvalue weighted by atomic mass is 10.3. The number of nitrogens with zero attached hydrogens (tertiary/aromatic N) is 4. The van der Waals surface area contributed by atoms with Gasteiger partial charge in [0, 0.05) is 0 Å². The maximum atomic E-state index is 4.63. The van der Waals surface area contributed by atoms with Crippen LogP contribution in [0.4, 0.5) is 0 Å². The third-order valence-corrected chi connectivity index (χ3v) is 3.97. The van der Waals surface area contributed by atoms with E-state index in [0.29, 0.717) is 0 Å². The van der Waals surface area contributed by atoms with E-state index in [9.17, 15) is 0 Å². The smallest absolute Gasteiger partial charge is 0.108 e. The summed E-state index contributed by atoms with van der Waals surface area (Å²) in [6.07, 6.45) is 0. The maximum Gasteiger partial charge on any atom is 0.108 e. The number of fused-ring (bicyclic) bond motifs is 2. The van der Waals surface area contributed by atoms with Crippen LogP contribution in [-0.2, 0) is 6.67 Å². The topological polar surface area (TPSA) is 35.6 Å². The Morgan fingerprint density at radius 3 is 1.62 bits per heavy atom. The van der Waals surface area contributed by atoms with Gasteiger partial charge in [-0.25, -0.2) is 9.97 Å². The summed E-state index contributed by atoms with van der Waals surface area (Å²) >= 11 is 0. The molecule has 0 bridgehead atoms. The Bertz CT molecular complexity index is 868. The zero-order valence-corrected chi connectivity index (χ0v) is 12.1. The zero-order chi connectivity index (χ0) is 14.4. The van der Waals surface area contributed by atoms with Crippen LogP contribution in [0.1, 0.15) is 11.6 Å². The van der Waals surface area contributed by atoms with Crippen LogP contribution in [0.3, 0.4) is 0 Å². The summed E-state index contributed by atoms with van der Waals surface area (Å²) in [4.78, 5) is 9.27. The largest absolute Gasteiger partial charge is 0.309 e. The maximum absolute atomic E-state index is 4.63. The van der Waals surface area contributed by atoms with E-state index in [4.69, 9.17) is 0 Å². The number of rotatable bonds is 2. The molecule has 0 spiro atoms. The Labute approximate surface area is 122 Å². The first-order valence-electron chi connectivity index (χ1n) is 7.08. The van der Waals surface area contributed by atoms with Gasteiger partial charge in [-0.2, -0.15) is 0 Å². The fourth-order valence-electron chi connectivity index (χ4n) is 2.89. The molecule has 0 unspecified atom stereocenters. The van der Waals surface area contributed by atoms with E-state index in [-0.39, 0.29) is 0 Å². The molecule has 0 N–H and O–H groups in total. The number of aromatic nitrogens is 4. The monoisotopic (exact) mass is 276 g/mol. The molecule has 0 saturated carbocycles. The number of imidazole rings is 2. The van der Waals surface area contributed by atoms with Gasteiger partial charge in [-0.1, -0.05) is 24.3 Å². The summed E-state index contributed by atoms with van der Waals surface area (Å²) in [6, 6.07) is 16.5. The molecule has 0 amide bonds. The number of para-hydroxylation sites is 4. The van der Waals surface area contributed by atoms with Gasteiger partial charge in [-0.15, -0.1) is 0 Å². The summed E-state index contributed by atoms with van der Waals surface area (Å²) in [7, 11) is 0. The second-order valence-electron chi connectivity index (χ2n) is 5.29. The minimum Gasteiger partial charge on any atom is -0.309 e. The Morgan fingerprint density at radius 1 is 0.714 bits per heavy atom. The van der Waals surface area contributed by atoms with E-state index in [1.54, 1.807) is 0 Å². The molecule has 0 saturated heterocycles. The van der Waals surface area contributed by atoms with Crippen molar-refractivity contribution in [2.75, 3.05) is 0 Å². The van der Waals surface area contributed by atoms with Crippen LogP contribution in [0.25, 0.3) is 22.1 Å². The Morgan fingerprint density at radius 2 is 1.14 bits per heavy atom. The van der Waals surface area contributed by atoms with Crippen molar-refractivity contribution in [3.63, 3.8) is 0 Å². The fraction of sp³-hybridized carbons (Fsp3) is 0.176. The highest BCUT2D eigenvalue weighted by Crippen LogP contribution is 2.19. The zero-order valence-electron chi connectivity index (χ0n) is 12.1. The molecular formula is C17H16N4. The second kappa shape index (κ2) is 4.45. The van der Waals surface area contributed by atoms with Gasteiger partial charge in [0.2, 0.25) is 0 Å². The number of hydrogen-bond donors (Lipinski definition) is 0. The third kappa shape index (κ3) is 1.83. The van der Waals surface area contributed by atoms with Crippen LogP contribution in [0.2, 0.25) is 0 Å². The minimum atomic E-state index is 0.735. The quantitative estimate of drug-likeness (QED) is 0.561. The molecule has 0 atom stereocenters. The van der Waals surface area contributed by atoms with Crippen LogP contribution in [0.15, 0.2) is 48.5 Å². The van der Waals surface area contributed by atoms with Crippen molar-refractivity contribution in [2.24, 2.45) is 0 Å². The summed E-state index contributed by atoms with van der Waals surface area (Å²) in [5.74, 6) is 2.04. The van der Waals surface area contributed by atoms with E-state index in [1.165, 1.54) is 0 Å². The fourth-order valence-corrected chi connectivity index (χ4v) is 2.89. The molecule has 4 aromatic rings. The van der Waals surface area contributed by atoms with Crippen molar-refractivity contribution in [3.8, 4) is 0 Å². The molecule has 0 fully saturated rings. The molecule has 104 valence electrons. The van der Waals surface area contributed by atoms with Crippen molar-refractivity contribution in [1.82, 2.24) is 19.1 Å². The third-order valence-electron chi connectivity index (χ3n) is 3.97. The van der Waals surface area contributed by atoms with Crippen molar-refractivity contribution >= 4 is 22.1 Å². The van der Waals surface area contributed by atoms with Crippen molar-refractivity contribution < 1.29 is 0 Å². The van der Waals surface area contributed by atoms with E-state index in [2.05, 4.69) is 69.3 Å². The summed E-state index contributed by atoms with van der Waals surface area (Å²) in [5, 5.41) is 0. The molecule has 4 nitrogen and oxygen atoms in total. The van der Waals surface area contributed by atoms with E-state index in [1.807, 2.05) is 12.1 Å². The average molecular weight is 276 g/mol. The van der Waals surface area contributed by atoms with Crippen LogP contribution >= 0.6 is 0 Å². The Balaban J connectivity index is 1.91. The number of hydrogen-bond acceptors (Lipinski definition) is 2. The Kier molecular flexibility index (Phi) is 2.57. The summed E-state index contributed by atoms with van der Waals surface area (Å²) in [5.41, 5.74) is 4.40. The summed E-state index contributed by atoms with van der Waals surface area (Å²) < 4.78 is 4.47. The molecule has 2 heterocycles. The number of aryl methyl sites for hydroxylation is 2. The van der Waals surface area contributed by atoms with Gasteiger partial charge in [0.25, 0.3) is 0 Å². The molecule has 4 heteroatoms. The normalized spacial score (nSPS) is 11.5. The van der Waals surface area contributed by atoms with Gasteiger partial charge in [-0.3, -0.25) is 0 Å². The van der Waals surface area contributed by atoms with Crippen LogP contribution < -0.4 is 0 Å². The first-order chi connectivity index (χ1) is 10.2. The van der Waals surface area contributed by atoms with Gasteiger partial charge >= 0.3 is 0 Å². The summed E-state index contributed by atoms with van der Waals surface area (Å²) in [6.45, 7) is 4.83. The lowest BCUT2D eigenvalue weighted by Crippen LogP contribution is -2.10. The highest BCUT2D eigenvalue weighted by Gasteiger charge is 2.11. The average Bonchev–Trinajstić information content (AvgIpc) is 2.97. The molecule has 2 aromatic carbocycles. The van der Waals surface area contributed by atoms with Gasteiger partial charge in [0.15, 0.2) is 0 Å². The van der Waals surface area contributed by atoms with Crippen LogP contribution in [0.5, 0.6) is 0 Å². The SMILES string of the molecule is Cc1nc2ccccc2n1Cn1c(C)nc2ccccc21.